The number of hydrogen-bond donors (Lipinski definition) is 1. The van der Waals surface area contributed by atoms with Crippen LogP contribution in [-0.4, -0.2) is 79.2 Å². The van der Waals surface area contributed by atoms with Crippen molar-refractivity contribution in [2.24, 2.45) is 0 Å². The maximum atomic E-state index is 12.5. The number of aromatic nitrogens is 1. The molecule has 0 aliphatic carbocycles. The van der Waals surface area contributed by atoms with E-state index in [1.807, 2.05) is 6.07 Å². The molecule has 2 saturated heterocycles. The molecule has 0 bridgehead atoms. The maximum absolute atomic E-state index is 12.5. The van der Waals surface area contributed by atoms with Crippen LogP contribution >= 0.6 is 0 Å². The molecule has 1 N–H and O–H groups in total. The number of aryl methyl sites for hydroxylation is 1. The summed E-state index contributed by atoms with van der Waals surface area (Å²) in [6, 6.07) is 2.07. The van der Waals surface area contributed by atoms with Gasteiger partial charge in [-0.1, -0.05) is 6.92 Å². The van der Waals surface area contributed by atoms with Crippen LogP contribution in [0.3, 0.4) is 0 Å². The fourth-order valence-electron chi connectivity index (χ4n) is 3.45. The van der Waals surface area contributed by atoms with Gasteiger partial charge in [0, 0.05) is 63.3 Å². The fourth-order valence-corrected chi connectivity index (χ4v) is 3.45. The molecule has 0 spiro atoms. The Kier molecular flexibility index (Phi) is 6.18. The molecule has 2 aliphatic rings. The van der Waals surface area contributed by atoms with Gasteiger partial charge in [-0.25, -0.2) is 0 Å². The zero-order valence-electron chi connectivity index (χ0n) is 14.5. The topological polar surface area (TPSA) is 57.7 Å². The van der Waals surface area contributed by atoms with Crippen molar-refractivity contribution in [3.63, 3.8) is 0 Å². The predicted molar refractivity (Wildman–Crippen MR) is 93.2 cm³/mol. The average molecular weight is 332 g/mol. The van der Waals surface area contributed by atoms with E-state index >= 15 is 0 Å². The van der Waals surface area contributed by atoms with Crippen LogP contribution in [0.2, 0.25) is 0 Å². The molecule has 6 heteroatoms. The second-order valence-electron chi connectivity index (χ2n) is 6.60. The minimum atomic E-state index is 0.0364. The van der Waals surface area contributed by atoms with Crippen LogP contribution in [0.1, 0.15) is 29.3 Å². The SMILES string of the molecule is CCc1cnccc1C(=O)NC1CCN(CCN2CCOCC2)C1. The highest BCUT2D eigenvalue weighted by Crippen LogP contribution is 2.12. The molecule has 1 amide bonds. The van der Waals surface area contributed by atoms with Gasteiger partial charge in [-0.2, -0.15) is 0 Å². The molecule has 0 radical (unpaired) electrons. The van der Waals surface area contributed by atoms with Crippen molar-refractivity contribution in [3.05, 3.63) is 29.6 Å². The molecule has 1 unspecified atom stereocenters. The van der Waals surface area contributed by atoms with Gasteiger partial charge in [0.1, 0.15) is 0 Å². The van der Waals surface area contributed by atoms with Crippen LogP contribution in [0.5, 0.6) is 0 Å². The second-order valence-corrected chi connectivity index (χ2v) is 6.60. The molecule has 1 atom stereocenters. The smallest absolute Gasteiger partial charge is 0.251 e. The molecule has 1 aromatic rings. The average Bonchev–Trinajstić information content (AvgIpc) is 3.08. The lowest BCUT2D eigenvalue weighted by molar-refractivity contribution is 0.0343. The number of nitrogens with zero attached hydrogens (tertiary/aromatic N) is 3. The molecular weight excluding hydrogens is 304 g/mol. The monoisotopic (exact) mass is 332 g/mol. The first-order valence-corrected chi connectivity index (χ1v) is 9.02. The summed E-state index contributed by atoms with van der Waals surface area (Å²) in [6.45, 7) is 10.0. The molecule has 3 rings (SSSR count). The number of carbonyl (C=O) groups excluding carboxylic acids is 1. The molecular formula is C18H28N4O2. The lowest BCUT2D eigenvalue weighted by Crippen LogP contribution is -2.42. The van der Waals surface area contributed by atoms with E-state index in [1.165, 1.54) is 0 Å². The van der Waals surface area contributed by atoms with E-state index in [-0.39, 0.29) is 11.9 Å². The number of likely N-dealkylation sites (tertiary alicyclic amines) is 1. The molecule has 24 heavy (non-hydrogen) atoms. The molecule has 6 nitrogen and oxygen atoms in total. The number of morpholine rings is 1. The first kappa shape index (κ1) is 17.3. The quantitative estimate of drug-likeness (QED) is 0.834. The molecule has 132 valence electrons. The van der Waals surface area contributed by atoms with E-state index in [4.69, 9.17) is 4.74 Å². The predicted octanol–water partition coefficient (Wildman–Crippen LogP) is 0.780. The Bertz CT molecular complexity index is 546. The minimum absolute atomic E-state index is 0.0364. The summed E-state index contributed by atoms with van der Waals surface area (Å²) in [6.07, 6.45) is 5.34. The van der Waals surface area contributed by atoms with Gasteiger partial charge in [0.15, 0.2) is 0 Å². The lowest BCUT2D eigenvalue weighted by Gasteiger charge is -2.28. The van der Waals surface area contributed by atoms with Crippen molar-refractivity contribution in [1.82, 2.24) is 20.1 Å². The molecule has 0 saturated carbocycles. The molecule has 0 aromatic carbocycles. The molecule has 3 heterocycles. The van der Waals surface area contributed by atoms with Gasteiger partial charge < -0.3 is 10.1 Å². The minimum Gasteiger partial charge on any atom is -0.379 e. The molecule has 1 aromatic heterocycles. The number of amides is 1. The maximum Gasteiger partial charge on any atom is 0.251 e. The highest BCUT2D eigenvalue weighted by molar-refractivity contribution is 5.95. The van der Waals surface area contributed by atoms with Gasteiger partial charge in [0.2, 0.25) is 0 Å². The third kappa shape index (κ3) is 4.53. The Morgan fingerprint density at radius 3 is 2.88 bits per heavy atom. The number of rotatable bonds is 6. The van der Waals surface area contributed by atoms with Gasteiger partial charge in [-0.3, -0.25) is 19.6 Å². The third-order valence-electron chi connectivity index (χ3n) is 4.97. The van der Waals surface area contributed by atoms with Gasteiger partial charge in [-0.05, 0) is 24.5 Å². The van der Waals surface area contributed by atoms with Gasteiger partial charge in [-0.15, -0.1) is 0 Å². The van der Waals surface area contributed by atoms with Crippen LogP contribution in [-0.2, 0) is 11.2 Å². The first-order valence-electron chi connectivity index (χ1n) is 9.02. The fraction of sp³-hybridized carbons (Fsp3) is 0.667. The Labute approximate surface area is 144 Å². The highest BCUT2D eigenvalue weighted by Gasteiger charge is 2.25. The number of carbonyl (C=O) groups is 1. The largest absolute Gasteiger partial charge is 0.379 e. The van der Waals surface area contributed by atoms with E-state index in [0.29, 0.717) is 0 Å². The third-order valence-corrected chi connectivity index (χ3v) is 4.97. The Morgan fingerprint density at radius 1 is 1.29 bits per heavy atom. The van der Waals surface area contributed by atoms with Crippen molar-refractivity contribution in [3.8, 4) is 0 Å². The number of ether oxygens (including phenoxy) is 1. The Balaban J connectivity index is 1.44. The van der Waals surface area contributed by atoms with Crippen LogP contribution in [0, 0.1) is 0 Å². The Morgan fingerprint density at radius 2 is 2.08 bits per heavy atom. The molecule has 2 fully saturated rings. The van der Waals surface area contributed by atoms with Gasteiger partial charge >= 0.3 is 0 Å². The van der Waals surface area contributed by atoms with Crippen LogP contribution in [0.25, 0.3) is 0 Å². The number of nitrogens with one attached hydrogen (secondary N) is 1. The summed E-state index contributed by atoms with van der Waals surface area (Å²) < 4.78 is 5.39. The van der Waals surface area contributed by atoms with E-state index in [0.717, 1.165) is 76.5 Å². The zero-order chi connectivity index (χ0) is 16.8. The second kappa shape index (κ2) is 8.55. The van der Waals surface area contributed by atoms with E-state index in [2.05, 4.69) is 27.0 Å². The zero-order valence-corrected chi connectivity index (χ0v) is 14.5. The van der Waals surface area contributed by atoms with Crippen LogP contribution in [0.15, 0.2) is 18.5 Å². The van der Waals surface area contributed by atoms with Crippen molar-refractivity contribution in [2.75, 3.05) is 52.5 Å². The van der Waals surface area contributed by atoms with E-state index < -0.39 is 0 Å². The first-order chi connectivity index (χ1) is 11.8. The summed E-state index contributed by atoms with van der Waals surface area (Å²) in [7, 11) is 0. The van der Waals surface area contributed by atoms with Crippen molar-refractivity contribution < 1.29 is 9.53 Å². The van der Waals surface area contributed by atoms with E-state index in [9.17, 15) is 4.79 Å². The highest BCUT2D eigenvalue weighted by atomic mass is 16.5. The summed E-state index contributed by atoms with van der Waals surface area (Å²) >= 11 is 0. The lowest BCUT2D eigenvalue weighted by atomic mass is 10.1. The van der Waals surface area contributed by atoms with Crippen molar-refractivity contribution >= 4 is 5.91 Å². The summed E-state index contributed by atoms with van der Waals surface area (Å²) in [5, 5.41) is 3.20. The summed E-state index contributed by atoms with van der Waals surface area (Å²) in [5.41, 5.74) is 1.77. The Hall–Kier alpha value is -1.50. The number of pyridine rings is 1. The van der Waals surface area contributed by atoms with Crippen molar-refractivity contribution in [2.45, 2.75) is 25.8 Å². The van der Waals surface area contributed by atoms with Crippen LogP contribution < -0.4 is 5.32 Å². The summed E-state index contributed by atoms with van der Waals surface area (Å²) in [5.74, 6) is 0.0364. The molecule has 2 aliphatic heterocycles. The number of hydrogen-bond acceptors (Lipinski definition) is 5. The van der Waals surface area contributed by atoms with Gasteiger partial charge in [0.05, 0.1) is 13.2 Å². The van der Waals surface area contributed by atoms with Crippen molar-refractivity contribution in [1.29, 1.82) is 0 Å². The van der Waals surface area contributed by atoms with E-state index in [1.54, 1.807) is 12.4 Å². The summed E-state index contributed by atoms with van der Waals surface area (Å²) in [4.78, 5) is 21.5. The van der Waals surface area contributed by atoms with Gasteiger partial charge in [0.25, 0.3) is 5.91 Å². The normalized spacial score (nSPS) is 22.6. The van der Waals surface area contributed by atoms with Crippen LogP contribution in [0.4, 0.5) is 0 Å². The standard InChI is InChI=1S/C18H28N4O2/c1-2-15-13-19-5-3-17(15)18(23)20-16-4-6-22(14-16)8-7-21-9-11-24-12-10-21/h3,5,13,16H,2,4,6-12,14H2,1H3,(H,20,23).